The Bertz CT molecular complexity index is 467. The Balaban J connectivity index is 1.74. The maximum Gasteiger partial charge on any atom is 0.169 e. The van der Waals surface area contributed by atoms with Gasteiger partial charge in [-0.1, -0.05) is 5.21 Å². The zero-order valence-electron chi connectivity index (χ0n) is 8.95. The second-order valence-electron chi connectivity index (χ2n) is 4.13. The number of nitrogens with two attached hydrogens (primary N) is 1. The van der Waals surface area contributed by atoms with Crippen LogP contribution in [0.2, 0.25) is 0 Å². The number of anilines is 1. The molecule has 0 unspecified atom stereocenters. The molecule has 1 saturated carbocycles. The molecule has 3 rings (SSSR count). The van der Waals surface area contributed by atoms with E-state index in [4.69, 9.17) is 5.73 Å². The molecular weight excluding hydrogens is 204 g/mol. The van der Waals surface area contributed by atoms with E-state index in [0.717, 1.165) is 18.8 Å². The van der Waals surface area contributed by atoms with Crippen molar-refractivity contribution in [2.24, 2.45) is 0 Å². The lowest BCUT2D eigenvalue weighted by Crippen LogP contribution is -2.11. The molecule has 1 aliphatic carbocycles. The van der Waals surface area contributed by atoms with Crippen molar-refractivity contribution in [3.8, 4) is 0 Å². The third kappa shape index (κ3) is 1.66. The normalized spacial score (nSPS) is 15.5. The maximum absolute atomic E-state index is 5.81. The van der Waals surface area contributed by atoms with E-state index < -0.39 is 0 Å². The second-order valence-corrected chi connectivity index (χ2v) is 4.13. The summed E-state index contributed by atoms with van der Waals surface area (Å²) in [6.07, 6.45) is 6.13. The molecular formula is C10H14N6. The summed E-state index contributed by atoms with van der Waals surface area (Å²) < 4.78 is 3.79. The fourth-order valence-corrected chi connectivity index (χ4v) is 1.91. The van der Waals surface area contributed by atoms with Crippen LogP contribution in [0.3, 0.4) is 0 Å². The molecule has 0 atom stereocenters. The molecule has 2 aromatic rings. The van der Waals surface area contributed by atoms with Gasteiger partial charge in [0.15, 0.2) is 5.82 Å². The third-order valence-electron chi connectivity index (χ3n) is 2.87. The molecule has 0 aliphatic heterocycles. The van der Waals surface area contributed by atoms with Gasteiger partial charge in [0.25, 0.3) is 0 Å². The summed E-state index contributed by atoms with van der Waals surface area (Å²) >= 11 is 0. The zero-order chi connectivity index (χ0) is 11.0. The summed E-state index contributed by atoms with van der Waals surface area (Å²) in [5.41, 5.74) is 6.92. The highest BCUT2D eigenvalue weighted by molar-refractivity contribution is 5.38. The van der Waals surface area contributed by atoms with Crippen molar-refractivity contribution in [1.29, 1.82) is 0 Å². The monoisotopic (exact) mass is 218 g/mol. The van der Waals surface area contributed by atoms with Crippen LogP contribution in [-0.2, 0) is 13.1 Å². The Morgan fingerprint density at radius 1 is 1.38 bits per heavy atom. The first-order valence-electron chi connectivity index (χ1n) is 5.51. The van der Waals surface area contributed by atoms with Crippen LogP contribution in [0.25, 0.3) is 0 Å². The fraction of sp³-hybridized carbons (Fsp3) is 0.500. The van der Waals surface area contributed by atoms with E-state index in [-0.39, 0.29) is 0 Å². The first-order valence-corrected chi connectivity index (χ1v) is 5.51. The van der Waals surface area contributed by atoms with Gasteiger partial charge in [0.2, 0.25) is 0 Å². The lowest BCUT2D eigenvalue weighted by atomic mass is 10.3. The van der Waals surface area contributed by atoms with Gasteiger partial charge in [0.1, 0.15) is 0 Å². The molecule has 0 amide bonds. The zero-order valence-corrected chi connectivity index (χ0v) is 8.95. The highest BCUT2D eigenvalue weighted by Gasteiger charge is 2.30. The van der Waals surface area contributed by atoms with E-state index in [9.17, 15) is 0 Å². The Labute approximate surface area is 93.0 Å². The number of hydrogen-bond donors (Lipinski definition) is 1. The average Bonchev–Trinajstić information content (AvgIpc) is 2.85. The summed E-state index contributed by atoms with van der Waals surface area (Å²) in [6, 6.07) is 1.91. The summed E-state index contributed by atoms with van der Waals surface area (Å²) in [4.78, 5) is 0. The van der Waals surface area contributed by atoms with Crippen molar-refractivity contribution < 1.29 is 0 Å². The van der Waals surface area contributed by atoms with Crippen LogP contribution in [-0.4, -0.2) is 24.8 Å². The topological polar surface area (TPSA) is 74.5 Å². The van der Waals surface area contributed by atoms with Crippen molar-refractivity contribution in [2.45, 2.75) is 31.8 Å². The molecule has 84 valence electrons. The number of hydrogen-bond acceptors (Lipinski definition) is 4. The number of aryl methyl sites for hydroxylation is 2. The minimum absolute atomic E-state index is 0.577. The van der Waals surface area contributed by atoms with Crippen LogP contribution >= 0.6 is 0 Å². The van der Waals surface area contributed by atoms with Gasteiger partial charge in [-0.15, -0.1) is 5.10 Å². The van der Waals surface area contributed by atoms with Crippen molar-refractivity contribution in [2.75, 3.05) is 5.73 Å². The predicted molar refractivity (Wildman–Crippen MR) is 58.6 cm³/mol. The van der Waals surface area contributed by atoms with E-state index in [1.54, 1.807) is 6.20 Å². The van der Waals surface area contributed by atoms with E-state index >= 15 is 0 Å². The summed E-state index contributed by atoms with van der Waals surface area (Å²) in [5.74, 6) is 1.16. The Hall–Kier alpha value is -1.85. The van der Waals surface area contributed by atoms with Crippen molar-refractivity contribution in [3.05, 3.63) is 24.2 Å². The molecule has 1 fully saturated rings. The largest absolute Gasteiger partial charge is 0.381 e. The van der Waals surface area contributed by atoms with Crippen molar-refractivity contribution in [3.63, 3.8) is 0 Å². The third-order valence-corrected chi connectivity index (χ3v) is 2.87. The molecule has 2 aromatic heterocycles. The smallest absolute Gasteiger partial charge is 0.169 e. The van der Waals surface area contributed by atoms with Crippen LogP contribution in [0.1, 0.15) is 24.5 Å². The Morgan fingerprint density at radius 3 is 2.94 bits per heavy atom. The molecule has 0 spiro atoms. The standard InChI is InChI=1S/C10H14N6/c11-10-9(8-2-3-8)16(14-13-10)7-6-15-5-1-4-12-15/h1,4-5,8H,2-3,6-7,11H2. The van der Waals surface area contributed by atoms with Crippen LogP contribution in [0.4, 0.5) is 5.82 Å². The number of nitrogen functional groups attached to an aromatic ring is 1. The molecule has 16 heavy (non-hydrogen) atoms. The highest BCUT2D eigenvalue weighted by atomic mass is 15.5. The average molecular weight is 218 g/mol. The van der Waals surface area contributed by atoms with Gasteiger partial charge in [0.05, 0.1) is 18.8 Å². The van der Waals surface area contributed by atoms with Crippen LogP contribution in [0.5, 0.6) is 0 Å². The lowest BCUT2D eigenvalue weighted by Gasteiger charge is -2.05. The predicted octanol–water partition coefficient (Wildman–Crippen LogP) is 0.634. The van der Waals surface area contributed by atoms with Gasteiger partial charge in [-0.3, -0.25) is 4.68 Å². The molecule has 0 bridgehead atoms. The molecule has 0 aromatic carbocycles. The van der Waals surface area contributed by atoms with Gasteiger partial charge in [0, 0.05) is 18.3 Å². The lowest BCUT2D eigenvalue weighted by molar-refractivity contribution is 0.477. The molecule has 1 aliphatic rings. The summed E-state index contributed by atoms with van der Waals surface area (Å²) in [5, 5.41) is 12.2. The van der Waals surface area contributed by atoms with E-state index in [0.29, 0.717) is 11.7 Å². The Morgan fingerprint density at radius 2 is 2.25 bits per heavy atom. The van der Waals surface area contributed by atoms with Crippen LogP contribution in [0, 0.1) is 0 Å². The number of aromatic nitrogens is 5. The second kappa shape index (κ2) is 3.62. The molecule has 2 heterocycles. The minimum Gasteiger partial charge on any atom is -0.381 e. The summed E-state index contributed by atoms with van der Waals surface area (Å²) in [6.45, 7) is 1.58. The SMILES string of the molecule is Nc1nnn(CCn2cccn2)c1C1CC1. The van der Waals surface area contributed by atoms with Gasteiger partial charge in [-0.05, 0) is 18.9 Å². The van der Waals surface area contributed by atoms with E-state index in [1.165, 1.54) is 12.8 Å². The molecule has 0 saturated heterocycles. The molecule has 0 radical (unpaired) electrons. The van der Waals surface area contributed by atoms with E-state index in [1.807, 2.05) is 21.6 Å². The van der Waals surface area contributed by atoms with Gasteiger partial charge >= 0.3 is 0 Å². The van der Waals surface area contributed by atoms with Gasteiger partial charge in [-0.25, -0.2) is 4.68 Å². The quantitative estimate of drug-likeness (QED) is 0.817. The first kappa shape index (κ1) is 9.38. The van der Waals surface area contributed by atoms with Gasteiger partial charge in [-0.2, -0.15) is 5.10 Å². The minimum atomic E-state index is 0.577. The number of rotatable bonds is 4. The van der Waals surface area contributed by atoms with Crippen molar-refractivity contribution in [1.82, 2.24) is 24.8 Å². The fourth-order valence-electron chi connectivity index (χ4n) is 1.91. The molecule has 6 heteroatoms. The highest BCUT2D eigenvalue weighted by Crippen LogP contribution is 2.41. The van der Waals surface area contributed by atoms with Crippen LogP contribution in [0.15, 0.2) is 18.5 Å². The Kier molecular flexibility index (Phi) is 2.12. The van der Waals surface area contributed by atoms with E-state index in [2.05, 4.69) is 15.4 Å². The molecule has 2 N–H and O–H groups in total. The summed E-state index contributed by atoms with van der Waals surface area (Å²) in [7, 11) is 0. The van der Waals surface area contributed by atoms with Crippen LogP contribution < -0.4 is 5.73 Å². The van der Waals surface area contributed by atoms with Crippen molar-refractivity contribution >= 4 is 5.82 Å². The van der Waals surface area contributed by atoms with Gasteiger partial charge < -0.3 is 5.73 Å². The molecule has 6 nitrogen and oxygen atoms in total. The first-order chi connectivity index (χ1) is 7.84. The maximum atomic E-state index is 5.81. The number of nitrogens with zero attached hydrogens (tertiary/aromatic N) is 5.